The van der Waals surface area contributed by atoms with E-state index in [1.165, 1.54) is 13.0 Å². The van der Waals surface area contributed by atoms with Crippen LogP contribution in [0, 0.1) is 6.92 Å². The zero-order valence-corrected chi connectivity index (χ0v) is 15.9. The number of aryl methyl sites for hydroxylation is 1. The van der Waals surface area contributed by atoms with Crippen LogP contribution in [0.4, 0.5) is 13.2 Å². The number of hydrogen-bond acceptors (Lipinski definition) is 3. The number of amides is 1. The van der Waals surface area contributed by atoms with Gasteiger partial charge in [0.05, 0.1) is 18.4 Å². The van der Waals surface area contributed by atoms with Crippen LogP contribution < -0.4 is 10.1 Å². The minimum Gasteiger partial charge on any atom is -0.496 e. The summed E-state index contributed by atoms with van der Waals surface area (Å²) in [5.41, 5.74) is 0.0295. The molecule has 1 N–H and O–H groups in total. The van der Waals surface area contributed by atoms with Crippen LogP contribution in [0.25, 0.3) is 0 Å². The Morgan fingerprint density at radius 3 is 2.46 bits per heavy atom. The lowest BCUT2D eigenvalue weighted by Crippen LogP contribution is -2.39. The number of alkyl halides is 3. The molecule has 0 spiro atoms. The van der Waals surface area contributed by atoms with Crippen LogP contribution in [0.5, 0.6) is 5.75 Å². The average Bonchev–Trinajstić information content (AvgIpc) is 3.15. The van der Waals surface area contributed by atoms with E-state index in [-0.39, 0.29) is 16.7 Å². The summed E-state index contributed by atoms with van der Waals surface area (Å²) in [7, 11) is 1.62. The van der Waals surface area contributed by atoms with Crippen molar-refractivity contribution in [3.63, 3.8) is 0 Å². The molecule has 1 heterocycles. The summed E-state index contributed by atoms with van der Waals surface area (Å²) in [5.74, 6) is 0.367. The van der Waals surface area contributed by atoms with E-state index in [1.54, 1.807) is 7.11 Å². The number of nitrogens with one attached hydrogen (secondary N) is 1. The number of aromatic nitrogens is 1. The van der Waals surface area contributed by atoms with E-state index in [0.717, 1.165) is 43.1 Å². The lowest BCUT2D eigenvalue weighted by atomic mass is 9.78. The molecular weight excluding hydrogens is 369 g/mol. The van der Waals surface area contributed by atoms with E-state index in [9.17, 15) is 18.0 Å². The number of ether oxygens (including phenoxy) is 1. The smallest absolute Gasteiger partial charge is 0.433 e. The van der Waals surface area contributed by atoms with E-state index in [1.807, 2.05) is 24.3 Å². The van der Waals surface area contributed by atoms with Gasteiger partial charge in [0.25, 0.3) is 5.91 Å². The molecule has 1 aliphatic carbocycles. The number of para-hydroxylation sites is 1. The molecule has 1 amide bonds. The number of carbonyl (C=O) groups excluding carboxylic acids is 1. The SMILES string of the molecule is COc1ccccc1C1(CNC(=O)c2ccc(C(F)(F)F)nc2C)CCCC1. The van der Waals surface area contributed by atoms with Crippen molar-refractivity contribution in [2.24, 2.45) is 0 Å². The summed E-state index contributed by atoms with van der Waals surface area (Å²) in [6, 6.07) is 9.80. The van der Waals surface area contributed by atoms with Gasteiger partial charge in [0.15, 0.2) is 0 Å². The molecule has 150 valence electrons. The van der Waals surface area contributed by atoms with Crippen molar-refractivity contribution in [3.05, 3.63) is 58.9 Å². The summed E-state index contributed by atoms with van der Waals surface area (Å²) in [6.07, 6.45) is -0.600. The molecule has 0 aliphatic heterocycles. The molecule has 0 bridgehead atoms. The lowest BCUT2D eigenvalue weighted by Gasteiger charge is -2.31. The minimum absolute atomic E-state index is 0.0603. The van der Waals surface area contributed by atoms with E-state index in [2.05, 4.69) is 10.3 Å². The van der Waals surface area contributed by atoms with E-state index in [0.29, 0.717) is 6.54 Å². The first-order valence-electron chi connectivity index (χ1n) is 9.23. The van der Waals surface area contributed by atoms with Crippen molar-refractivity contribution in [1.82, 2.24) is 10.3 Å². The predicted octanol–water partition coefficient (Wildman–Crippen LogP) is 4.66. The third kappa shape index (κ3) is 3.98. The summed E-state index contributed by atoms with van der Waals surface area (Å²) in [6.45, 7) is 1.81. The summed E-state index contributed by atoms with van der Waals surface area (Å²) in [4.78, 5) is 16.2. The van der Waals surface area contributed by atoms with Gasteiger partial charge in [-0.2, -0.15) is 13.2 Å². The van der Waals surface area contributed by atoms with E-state index < -0.39 is 17.8 Å². The van der Waals surface area contributed by atoms with Crippen LogP contribution in [0.2, 0.25) is 0 Å². The van der Waals surface area contributed by atoms with Crippen molar-refractivity contribution < 1.29 is 22.7 Å². The molecule has 0 saturated heterocycles. The summed E-state index contributed by atoms with van der Waals surface area (Å²) in [5, 5.41) is 2.91. The van der Waals surface area contributed by atoms with Crippen molar-refractivity contribution in [1.29, 1.82) is 0 Å². The minimum atomic E-state index is -4.53. The quantitative estimate of drug-likeness (QED) is 0.805. The van der Waals surface area contributed by atoms with Gasteiger partial charge in [0, 0.05) is 17.5 Å². The van der Waals surface area contributed by atoms with Gasteiger partial charge in [-0.1, -0.05) is 31.0 Å². The van der Waals surface area contributed by atoms with Crippen molar-refractivity contribution in [3.8, 4) is 5.75 Å². The van der Waals surface area contributed by atoms with Crippen LogP contribution >= 0.6 is 0 Å². The van der Waals surface area contributed by atoms with E-state index >= 15 is 0 Å². The highest BCUT2D eigenvalue weighted by molar-refractivity contribution is 5.95. The maximum Gasteiger partial charge on any atom is 0.433 e. The van der Waals surface area contributed by atoms with Crippen LogP contribution in [0.3, 0.4) is 0 Å². The maximum atomic E-state index is 12.8. The molecule has 4 nitrogen and oxygen atoms in total. The Bertz CT molecular complexity index is 859. The largest absolute Gasteiger partial charge is 0.496 e. The standard InChI is InChI=1S/C21H23F3N2O2/c1-14-15(9-10-18(26-14)21(22,23)24)19(27)25-13-20(11-5-6-12-20)16-7-3-4-8-17(16)28-2/h3-4,7-10H,5-6,11-13H2,1-2H3,(H,25,27). The highest BCUT2D eigenvalue weighted by Crippen LogP contribution is 2.44. The molecule has 0 unspecified atom stereocenters. The molecule has 28 heavy (non-hydrogen) atoms. The molecule has 1 aromatic heterocycles. The zero-order valence-electron chi connectivity index (χ0n) is 15.9. The fourth-order valence-electron chi connectivity index (χ4n) is 3.98. The number of pyridine rings is 1. The van der Waals surface area contributed by atoms with Crippen molar-refractivity contribution in [2.45, 2.75) is 44.2 Å². The normalized spacial score (nSPS) is 16.0. The molecule has 1 aliphatic rings. The highest BCUT2D eigenvalue weighted by Gasteiger charge is 2.38. The topological polar surface area (TPSA) is 51.2 Å². The predicted molar refractivity (Wildman–Crippen MR) is 99.4 cm³/mol. The second-order valence-corrected chi connectivity index (χ2v) is 7.20. The van der Waals surface area contributed by atoms with Crippen molar-refractivity contribution in [2.75, 3.05) is 13.7 Å². The molecular formula is C21H23F3N2O2. The van der Waals surface area contributed by atoms with Gasteiger partial charge in [-0.15, -0.1) is 0 Å². The fourth-order valence-corrected chi connectivity index (χ4v) is 3.98. The van der Waals surface area contributed by atoms with Gasteiger partial charge in [-0.05, 0) is 38.0 Å². The van der Waals surface area contributed by atoms with Gasteiger partial charge >= 0.3 is 6.18 Å². The fraction of sp³-hybridized carbons (Fsp3) is 0.429. The monoisotopic (exact) mass is 392 g/mol. The number of halogens is 3. The lowest BCUT2D eigenvalue weighted by molar-refractivity contribution is -0.141. The van der Waals surface area contributed by atoms with Crippen LogP contribution in [-0.4, -0.2) is 24.5 Å². The maximum absolute atomic E-state index is 12.8. The first kappa shape index (κ1) is 20.2. The van der Waals surface area contributed by atoms with Crippen LogP contribution in [0.15, 0.2) is 36.4 Å². The first-order valence-corrected chi connectivity index (χ1v) is 9.23. The summed E-state index contributed by atoms with van der Waals surface area (Å²) >= 11 is 0. The van der Waals surface area contributed by atoms with E-state index in [4.69, 9.17) is 4.74 Å². The molecule has 0 atom stereocenters. The Morgan fingerprint density at radius 2 is 1.86 bits per heavy atom. The number of nitrogens with zero attached hydrogens (tertiary/aromatic N) is 1. The zero-order chi connectivity index (χ0) is 20.4. The molecule has 1 fully saturated rings. The van der Waals surface area contributed by atoms with Gasteiger partial charge in [0.2, 0.25) is 0 Å². The van der Waals surface area contributed by atoms with Crippen LogP contribution in [-0.2, 0) is 11.6 Å². The Morgan fingerprint density at radius 1 is 1.18 bits per heavy atom. The third-order valence-electron chi connectivity index (χ3n) is 5.45. The number of rotatable bonds is 5. The second-order valence-electron chi connectivity index (χ2n) is 7.20. The Hall–Kier alpha value is -2.57. The third-order valence-corrected chi connectivity index (χ3v) is 5.45. The average molecular weight is 392 g/mol. The van der Waals surface area contributed by atoms with Gasteiger partial charge in [0.1, 0.15) is 11.4 Å². The molecule has 3 rings (SSSR count). The van der Waals surface area contributed by atoms with Crippen molar-refractivity contribution >= 4 is 5.91 Å². The number of benzene rings is 1. The molecule has 1 saturated carbocycles. The summed E-state index contributed by atoms with van der Waals surface area (Å²) < 4.78 is 43.9. The highest BCUT2D eigenvalue weighted by atomic mass is 19.4. The number of carbonyl (C=O) groups is 1. The van der Waals surface area contributed by atoms with Gasteiger partial charge < -0.3 is 10.1 Å². The Labute approximate surface area is 162 Å². The number of methoxy groups -OCH3 is 1. The molecule has 1 aromatic carbocycles. The molecule has 2 aromatic rings. The Kier molecular flexibility index (Phi) is 5.63. The second kappa shape index (κ2) is 7.81. The van der Waals surface area contributed by atoms with Gasteiger partial charge in [-0.3, -0.25) is 4.79 Å². The molecule has 7 heteroatoms. The van der Waals surface area contributed by atoms with Crippen LogP contribution in [0.1, 0.15) is 53.0 Å². The van der Waals surface area contributed by atoms with Gasteiger partial charge in [-0.25, -0.2) is 4.98 Å². The number of hydrogen-bond donors (Lipinski definition) is 1. The first-order chi connectivity index (χ1) is 13.3. The Balaban J connectivity index is 1.80. The molecule has 0 radical (unpaired) electrons.